The quantitative estimate of drug-likeness (QED) is 0.0262. The molecule has 372 valence electrons. The molecule has 0 aliphatic heterocycles. The molecule has 0 saturated heterocycles. The Kier molecular flexibility index (Phi) is 49.7. The minimum atomic E-state index is -0.868. The van der Waals surface area contributed by atoms with Crippen molar-refractivity contribution in [2.24, 2.45) is 0 Å². The van der Waals surface area contributed by atoms with Gasteiger partial charge < -0.3 is 14.2 Å². The van der Waals surface area contributed by atoms with Crippen LogP contribution in [0.4, 0.5) is 0 Å². The number of esters is 3. The highest BCUT2D eigenvalue weighted by molar-refractivity contribution is 5.71. The highest BCUT2D eigenvalue weighted by Gasteiger charge is 2.19. The lowest BCUT2D eigenvalue weighted by atomic mass is 10.1. The summed E-state index contributed by atoms with van der Waals surface area (Å²) in [6, 6.07) is 0. The van der Waals surface area contributed by atoms with Gasteiger partial charge in [-0.05, 0) is 116 Å². The lowest BCUT2D eigenvalue weighted by Gasteiger charge is -2.18. The third kappa shape index (κ3) is 51.9. The van der Waals surface area contributed by atoms with Crippen LogP contribution in [0.5, 0.6) is 0 Å². The van der Waals surface area contributed by atoms with Crippen LogP contribution in [0.3, 0.4) is 0 Å². The number of carbonyl (C=O) groups is 3. The van der Waals surface area contributed by atoms with E-state index >= 15 is 0 Å². The first-order chi connectivity index (χ1) is 33.0. The minimum Gasteiger partial charge on any atom is -0.462 e. The maximum Gasteiger partial charge on any atom is 0.306 e. The van der Waals surface area contributed by atoms with Crippen molar-refractivity contribution in [1.29, 1.82) is 0 Å². The number of ether oxygens (including phenoxy) is 3. The molecule has 0 N–H and O–H groups in total. The van der Waals surface area contributed by atoms with E-state index in [-0.39, 0.29) is 38.4 Å². The number of rotatable bonds is 44. The third-order valence-electron chi connectivity index (χ3n) is 10.0. The third-order valence-corrected chi connectivity index (χ3v) is 10.0. The van der Waals surface area contributed by atoms with E-state index in [1.807, 2.05) is 18.2 Å². The molecule has 1 unspecified atom stereocenters. The standard InChI is InChI=1S/C61H92O6/c1-4-7-10-13-16-19-22-25-27-29-30-32-33-36-39-42-45-48-51-54-60(63)66-57-58(56-65-59(62)53-50-47-44-41-38-35-24-21-18-15-12-9-6-3)67-61(64)55-52-49-46-43-40-37-34-31-28-26-23-20-17-14-11-8-5-2/h7-8,10-11,16-17,19-20,25-28,30,32,34-39,43-48,58H,4-6,9,12-15,18,21-24,29,31,33,40-42,49-57H2,1-3H3/b10-7+,11-8+,19-16+,20-17+,27-25+,28-26+,32-30+,37-34+,38-35+,39-36+,46-43+,47-44+,48-45+. The molecule has 0 spiro atoms. The van der Waals surface area contributed by atoms with Crippen molar-refractivity contribution in [3.05, 3.63) is 158 Å². The van der Waals surface area contributed by atoms with E-state index in [0.29, 0.717) is 19.3 Å². The molecule has 0 saturated carbocycles. The number of hydrogen-bond acceptors (Lipinski definition) is 6. The number of hydrogen-bond donors (Lipinski definition) is 0. The minimum absolute atomic E-state index is 0.162. The fraction of sp³-hybridized carbons (Fsp3) is 0.525. The molecule has 0 fully saturated rings. The molecule has 6 heteroatoms. The summed E-state index contributed by atoms with van der Waals surface area (Å²) in [5.74, 6) is -1.18. The van der Waals surface area contributed by atoms with E-state index in [4.69, 9.17) is 14.2 Å². The number of unbranched alkanes of at least 4 members (excludes halogenated alkanes) is 7. The lowest BCUT2D eigenvalue weighted by Crippen LogP contribution is -2.30. The average molecular weight is 921 g/mol. The maximum absolute atomic E-state index is 12.8. The van der Waals surface area contributed by atoms with Gasteiger partial charge in [-0.25, -0.2) is 0 Å². The Labute approximate surface area is 409 Å². The molecule has 0 aromatic heterocycles. The largest absolute Gasteiger partial charge is 0.462 e. The van der Waals surface area contributed by atoms with Crippen LogP contribution < -0.4 is 0 Å². The first kappa shape index (κ1) is 62.0. The predicted molar refractivity (Wildman–Crippen MR) is 288 cm³/mol. The predicted octanol–water partition coefficient (Wildman–Crippen LogP) is 17.4. The Balaban J connectivity index is 4.69. The van der Waals surface area contributed by atoms with Gasteiger partial charge in [0.05, 0.1) is 0 Å². The molecule has 0 rings (SSSR count). The summed E-state index contributed by atoms with van der Waals surface area (Å²) >= 11 is 0. The van der Waals surface area contributed by atoms with Crippen LogP contribution in [0, 0.1) is 0 Å². The zero-order chi connectivity index (χ0) is 48.6. The van der Waals surface area contributed by atoms with Crippen molar-refractivity contribution >= 4 is 17.9 Å². The van der Waals surface area contributed by atoms with Gasteiger partial charge in [0, 0.05) is 19.3 Å². The molecule has 0 radical (unpaired) electrons. The SMILES string of the molecule is CC/C=C/C/C=C/C/C=C/C/C=C/C/C=C/C/C=C/CCC(=O)OCC(COC(=O)CC/C=C/C/C=C/CCCCCCCC)OC(=O)CCC/C=C/C/C=C/C/C=C/C/C=C/C/C=C/CC. The first-order valence-electron chi connectivity index (χ1n) is 26.0. The first-order valence-corrected chi connectivity index (χ1v) is 26.0. The van der Waals surface area contributed by atoms with Gasteiger partial charge in [0.15, 0.2) is 6.10 Å². The molecule has 6 nitrogen and oxygen atoms in total. The second-order valence-corrected chi connectivity index (χ2v) is 16.3. The second kappa shape index (κ2) is 53.6. The molecular weight excluding hydrogens is 829 g/mol. The monoisotopic (exact) mass is 921 g/mol. The van der Waals surface area contributed by atoms with Crippen LogP contribution in [-0.2, 0) is 28.6 Å². The van der Waals surface area contributed by atoms with Crippen molar-refractivity contribution in [3.63, 3.8) is 0 Å². The van der Waals surface area contributed by atoms with Crippen LogP contribution in [0.25, 0.3) is 0 Å². The normalized spacial score (nSPS) is 13.4. The molecule has 0 aliphatic rings. The Morgan fingerprint density at radius 3 is 0.970 bits per heavy atom. The van der Waals surface area contributed by atoms with Crippen LogP contribution in [0.2, 0.25) is 0 Å². The van der Waals surface area contributed by atoms with E-state index in [2.05, 4.69) is 161 Å². The Bertz CT molecular complexity index is 1570. The lowest BCUT2D eigenvalue weighted by molar-refractivity contribution is -0.166. The molecule has 0 amide bonds. The highest BCUT2D eigenvalue weighted by atomic mass is 16.6. The Hall–Kier alpha value is -4.97. The van der Waals surface area contributed by atoms with Crippen LogP contribution >= 0.6 is 0 Å². The fourth-order valence-corrected chi connectivity index (χ4v) is 6.20. The molecule has 1 atom stereocenters. The zero-order valence-electron chi connectivity index (χ0n) is 42.3. The van der Waals surface area contributed by atoms with Crippen molar-refractivity contribution in [2.75, 3.05) is 13.2 Å². The van der Waals surface area contributed by atoms with Crippen molar-refractivity contribution < 1.29 is 28.6 Å². The second-order valence-electron chi connectivity index (χ2n) is 16.3. The van der Waals surface area contributed by atoms with Gasteiger partial charge in [0.25, 0.3) is 0 Å². The van der Waals surface area contributed by atoms with Crippen molar-refractivity contribution in [3.8, 4) is 0 Å². The highest BCUT2D eigenvalue weighted by Crippen LogP contribution is 2.09. The summed E-state index contributed by atoms with van der Waals surface area (Å²) in [4.78, 5) is 37.9. The van der Waals surface area contributed by atoms with Crippen molar-refractivity contribution in [1.82, 2.24) is 0 Å². The summed E-state index contributed by atoms with van der Waals surface area (Å²) in [6.45, 7) is 6.20. The van der Waals surface area contributed by atoms with Crippen LogP contribution in [-0.4, -0.2) is 37.2 Å². The van der Waals surface area contributed by atoms with Gasteiger partial charge in [0.1, 0.15) is 13.2 Å². The Morgan fingerprint density at radius 2 is 0.612 bits per heavy atom. The van der Waals surface area contributed by atoms with Crippen LogP contribution in [0.1, 0.15) is 188 Å². The average Bonchev–Trinajstić information content (AvgIpc) is 3.33. The van der Waals surface area contributed by atoms with Gasteiger partial charge in [-0.2, -0.15) is 0 Å². The van der Waals surface area contributed by atoms with E-state index in [1.165, 1.54) is 38.5 Å². The summed E-state index contributed by atoms with van der Waals surface area (Å²) in [5.41, 5.74) is 0. The van der Waals surface area contributed by atoms with E-state index in [1.54, 1.807) is 0 Å². The number of allylic oxidation sites excluding steroid dienone is 26. The fourth-order valence-electron chi connectivity index (χ4n) is 6.20. The summed E-state index contributed by atoms with van der Waals surface area (Å²) in [7, 11) is 0. The van der Waals surface area contributed by atoms with Gasteiger partial charge in [-0.15, -0.1) is 0 Å². The van der Waals surface area contributed by atoms with E-state index in [9.17, 15) is 14.4 Å². The number of carbonyl (C=O) groups excluding carboxylic acids is 3. The summed E-state index contributed by atoms with van der Waals surface area (Å²) < 4.78 is 16.6. The van der Waals surface area contributed by atoms with Crippen molar-refractivity contribution in [2.45, 2.75) is 194 Å². The summed E-state index contributed by atoms with van der Waals surface area (Å²) in [5, 5.41) is 0. The van der Waals surface area contributed by atoms with Gasteiger partial charge in [0.2, 0.25) is 0 Å². The molecule has 0 aromatic rings. The molecule has 67 heavy (non-hydrogen) atoms. The van der Waals surface area contributed by atoms with E-state index in [0.717, 1.165) is 89.9 Å². The molecular formula is C61H92O6. The molecule has 0 aromatic carbocycles. The zero-order valence-corrected chi connectivity index (χ0v) is 42.3. The topological polar surface area (TPSA) is 78.9 Å². The molecule has 0 aliphatic carbocycles. The van der Waals surface area contributed by atoms with Gasteiger partial charge in [-0.3, -0.25) is 14.4 Å². The molecule has 0 heterocycles. The van der Waals surface area contributed by atoms with E-state index < -0.39 is 18.0 Å². The maximum atomic E-state index is 12.8. The smallest absolute Gasteiger partial charge is 0.306 e. The van der Waals surface area contributed by atoms with Gasteiger partial charge >= 0.3 is 17.9 Å². The summed E-state index contributed by atoms with van der Waals surface area (Å²) in [6.07, 6.45) is 78.3. The van der Waals surface area contributed by atoms with Crippen LogP contribution in [0.15, 0.2) is 158 Å². The molecule has 0 bridgehead atoms. The Morgan fingerprint density at radius 1 is 0.313 bits per heavy atom. The van der Waals surface area contributed by atoms with Gasteiger partial charge in [-0.1, -0.05) is 211 Å².